The number of oxime groups is 1. The Kier molecular flexibility index (Phi) is 5.54. The number of hydrogen-bond acceptors (Lipinski definition) is 3. The molecule has 1 unspecified atom stereocenters. The van der Waals surface area contributed by atoms with Crippen LogP contribution in [0.1, 0.15) is 37.0 Å². The molecule has 0 aliphatic carbocycles. The predicted molar refractivity (Wildman–Crippen MR) is 105 cm³/mol. The molecule has 0 radical (unpaired) electrons. The Labute approximate surface area is 163 Å². The quantitative estimate of drug-likeness (QED) is 0.803. The van der Waals surface area contributed by atoms with Crippen LogP contribution in [-0.4, -0.2) is 18.2 Å². The molecule has 1 N–H and O–H groups in total. The van der Waals surface area contributed by atoms with Gasteiger partial charge >= 0.3 is 0 Å². The fourth-order valence-electron chi connectivity index (χ4n) is 2.96. The van der Waals surface area contributed by atoms with Gasteiger partial charge in [0.25, 0.3) is 0 Å². The normalized spacial score (nSPS) is 19.0. The minimum Gasteiger partial charge on any atom is -0.384 e. The lowest BCUT2D eigenvalue weighted by Gasteiger charge is -2.22. The van der Waals surface area contributed by atoms with E-state index in [1.807, 2.05) is 43.3 Å². The van der Waals surface area contributed by atoms with Gasteiger partial charge < -0.3 is 10.2 Å². The summed E-state index contributed by atoms with van der Waals surface area (Å²) in [6, 6.07) is 13.6. The lowest BCUT2D eigenvalue weighted by Crippen LogP contribution is -2.22. The third-order valence-electron chi connectivity index (χ3n) is 4.41. The average molecular weight is 391 g/mol. The van der Waals surface area contributed by atoms with E-state index in [4.69, 9.17) is 28.0 Å². The fraction of sp³-hybridized carbons (Fsp3) is 0.300. The van der Waals surface area contributed by atoms with Gasteiger partial charge in [-0.25, -0.2) is 0 Å². The molecule has 2 aromatic rings. The molecule has 2 aromatic carbocycles. The summed E-state index contributed by atoms with van der Waals surface area (Å²) in [6.07, 6.45) is 1.43. The SMILES string of the molecule is CC(=O)NCCc1ccc(C2=NOC(C)(c3cc(Cl)cc(Cl)c3)C2)cc1. The van der Waals surface area contributed by atoms with Gasteiger partial charge in [0.1, 0.15) is 0 Å². The van der Waals surface area contributed by atoms with Crippen LogP contribution in [0.4, 0.5) is 0 Å². The highest BCUT2D eigenvalue weighted by Crippen LogP contribution is 2.38. The molecular weight excluding hydrogens is 371 g/mol. The van der Waals surface area contributed by atoms with E-state index in [1.54, 1.807) is 6.07 Å². The van der Waals surface area contributed by atoms with Crippen LogP contribution in [0.3, 0.4) is 0 Å². The van der Waals surface area contributed by atoms with Gasteiger partial charge in [-0.3, -0.25) is 4.79 Å². The standard InChI is InChI=1S/C20H20Cl2N2O2/c1-13(25)23-8-7-14-3-5-15(6-4-14)19-12-20(2,26-24-19)16-9-17(21)11-18(22)10-16/h3-6,9-11H,7-8,12H2,1-2H3,(H,23,25). The topological polar surface area (TPSA) is 50.7 Å². The largest absolute Gasteiger partial charge is 0.384 e. The summed E-state index contributed by atoms with van der Waals surface area (Å²) in [5.41, 5.74) is 3.38. The molecule has 3 rings (SSSR count). The zero-order valence-corrected chi connectivity index (χ0v) is 16.2. The molecule has 136 valence electrons. The van der Waals surface area contributed by atoms with Crippen LogP contribution in [-0.2, 0) is 21.7 Å². The highest BCUT2D eigenvalue weighted by molar-refractivity contribution is 6.34. The molecule has 0 spiro atoms. The number of carbonyl (C=O) groups excluding carboxylic acids is 1. The van der Waals surface area contributed by atoms with E-state index in [2.05, 4.69) is 10.5 Å². The number of hydrogen-bond donors (Lipinski definition) is 1. The van der Waals surface area contributed by atoms with Crippen LogP contribution in [0, 0.1) is 0 Å². The van der Waals surface area contributed by atoms with Gasteiger partial charge in [-0.15, -0.1) is 0 Å². The number of nitrogens with zero attached hydrogens (tertiary/aromatic N) is 1. The van der Waals surface area contributed by atoms with Crippen LogP contribution >= 0.6 is 23.2 Å². The Morgan fingerprint density at radius 1 is 1.19 bits per heavy atom. The second kappa shape index (κ2) is 7.68. The number of nitrogens with one attached hydrogen (secondary N) is 1. The molecule has 1 aliphatic heterocycles. The van der Waals surface area contributed by atoms with Crippen LogP contribution in [0.2, 0.25) is 10.0 Å². The van der Waals surface area contributed by atoms with Crippen LogP contribution in [0.25, 0.3) is 0 Å². The number of carbonyl (C=O) groups is 1. The van der Waals surface area contributed by atoms with Gasteiger partial charge in [0.05, 0.1) is 5.71 Å². The summed E-state index contributed by atoms with van der Waals surface area (Å²) in [6.45, 7) is 4.13. The zero-order chi connectivity index (χ0) is 18.7. The first-order valence-corrected chi connectivity index (χ1v) is 9.17. The molecule has 0 fully saturated rings. The van der Waals surface area contributed by atoms with Crippen LogP contribution in [0.15, 0.2) is 47.6 Å². The Morgan fingerprint density at radius 3 is 2.46 bits per heavy atom. The highest BCUT2D eigenvalue weighted by Gasteiger charge is 2.37. The molecule has 1 atom stereocenters. The molecular formula is C20H20Cl2N2O2. The molecule has 26 heavy (non-hydrogen) atoms. The third kappa shape index (κ3) is 4.37. The molecule has 6 heteroatoms. The Hall–Kier alpha value is -2.04. The van der Waals surface area contributed by atoms with E-state index in [-0.39, 0.29) is 5.91 Å². The summed E-state index contributed by atoms with van der Waals surface area (Å²) in [4.78, 5) is 16.7. The summed E-state index contributed by atoms with van der Waals surface area (Å²) in [5, 5.41) is 8.24. The van der Waals surface area contributed by atoms with Gasteiger partial charge in [-0.05, 0) is 42.7 Å². The average Bonchev–Trinajstić information content (AvgIpc) is 2.98. The molecule has 0 aromatic heterocycles. The molecule has 1 amide bonds. The lowest BCUT2D eigenvalue weighted by atomic mass is 9.89. The maximum atomic E-state index is 10.9. The van der Waals surface area contributed by atoms with Gasteiger partial charge in [0, 0.05) is 35.5 Å². The summed E-state index contributed by atoms with van der Waals surface area (Å²) >= 11 is 12.2. The molecule has 0 saturated heterocycles. The second-order valence-corrected chi connectivity index (χ2v) is 7.50. The maximum absolute atomic E-state index is 10.9. The van der Waals surface area contributed by atoms with E-state index >= 15 is 0 Å². The van der Waals surface area contributed by atoms with Crippen LogP contribution in [0.5, 0.6) is 0 Å². The Bertz CT molecular complexity index is 829. The first kappa shape index (κ1) is 18.7. The van der Waals surface area contributed by atoms with Crippen molar-refractivity contribution in [1.82, 2.24) is 5.32 Å². The minimum atomic E-state index is -0.589. The van der Waals surface area contributed by atoms with Crippen LogP contribution < -0.4 is 5.32 Å². The third-order valence-corrected chi connectivity index (χ3v) is 4.85. The van der Waals surface area contributed by atoms with Crippen molar-refractivity contribution in [2.75, 3.05) is 6.54 Å². The van der Waals surface area contributed by atoms with Crippen molar-refractivity contribution in [2.45, 2.75) is 32.3 Å². The smallest absolute Gasteiger partial charge is 0.216 e. The Morgan fingerprint density at radius 2 is 1.85 bits per heavy atom. The van der Waals surface area contributed by atoms with Gasteiger partial charge in [-0.2, -0.15) is 0 Å². The Balaban J connectivity index is 1.69. The highest BCUT2D eigenvalue weighted by atomic mass is 35.5. The van der Waals surface area contributed by atoms with Crippen molar-refractivity contribution >= 4 is 34.8 Å². The molecule has 1 heterocycles. The van der Waals surface area contributed by atoms with Crippen molar-refractivity contribution in [2.24, 2.45) is 5.16 Å². The minimum absolute atomic E-state index is 0.0144. The molecule has 0 saturated carbocycles. The zero-order valence-electron chi connectivity index (χ0n) is 14.7. The molecule has 1 aliphatic rings. The fourth-order valence-corrected chi connectivity index (χ4v) is 3.48. The van der Waals surface area contributed by atoms with E-state index in [0.29, 0.717) is 23.0 Å². The van der Waals surface area contributed by atoms with Crippen molar-refractivity contribution in [3.8, 4) is 0 Å². The van der Waals surface area contributed by atoms with Gasteiger partial charge in [-0.1, -0.05) is 52.6 Å². The number of amides is 1. The van der Waals surface area contributed by atoms with Crippen molar-refractivity contribution in [3.63, 3.8) is 0 Å². The van der Waals surface area contributed by atoms with Crippen molar-refractivity contribution in [1.29, 1.82) is 0 Å². The monoisotopic (exact) mass is 390 g/mol. The van der Waals surface area contributed by atoms with Crippen molar-refractivity contribution in [3.05, 3.63) is 69.2 Å². The maximum Gasteiger partial charge on any atom is 0.216 e. The first-order valence-electron chi connectivity index (χ1n) is 8.41. The van der Waals surface area contributed by atoms with Gasteiger partial charge in [0.15, 0.2) is 5.60 Å². The number of halogens is 2. The summed E-state index contributed by atoms with van der Waals surface area (Å²) < 4.78 is 0. The lowest BCUT2D eigenvalue weighted by molar-refractivity contribution is -0.118. The van der Waals surface area contributed by atoms with Crippen molar-refractivity contribution < 1.29 is 9.63 Å². The second-order valence-electron chi connectivity index (χ2n) is 6.62. The number of rotatable bonds is 5. The molecule has 0 bridgehead atoms. The van der Waals surface area contributed by atoms with Gasteiger partial charge in [0.2, 0.25) is 5.91 Å². The summed E-state index contributed by atoms with van der Waals surface area (Å²) in [5.74, 6) is -0.0144. The number of benzene rings is 2. The first-order chi connectivity index (χ1) is 12.4. The predicted octanol–water partition coefficient (Wildman–Crippen LogP) is 4.71. The van der Waals surface area contributed by atoms with E-state index in [1.165, 1.54) is 6.92 Å². The molecule has 4 nitrogen and oxygen atoms in total. The summed E-state index contributed by atoms with van der Waals surface area (Å²) in [7, 11) is 0. The van der Waals surface area contributed by atoms with E-state index < -0.39 is 5.60 Å². The van der Waals surface area contributed by atoms with E-state index in [0.717, 1.165) is 28.8 Å². The van der Waals surface area contributed by atoms with E-state index in [9.17, 15) is 4.79 Å².